The third-order valence-electron chi connectivity index (χ3n) is 3.03. The number of nitrogens with one attached hydrogen (secondary N) is 2. The van der Waals surface area contributed by atoms with Gasteiger partial charge in [-0.25, -0.2) is 4.79 Å². The van der Waals surface area contributed by atoms with Gasteiger partial charge in [0.15, 0.2) is 12.2 Å². The van der Waals surface area contributed by atoms with Crippen LogP contribution in [0.15, 0.2) is 0 Å². The third kappa shape index (κ3) is 5.31. The molecule has 1 aliphatic rings. The number of rotatable bonds is 8. The largest absolute Gasteiger partial charge is 0.479 e. The number of carbonyl (C=O) groups is 3. The second-order valence-corrected chi connectivity index (χ2v) is 5.39. The van der Waals surface area contributed by atoms with Crippen LogP contribution in [0.2, 0.25) is 0 Å². The Morgan fingerprint density at radius 2 is 1.81 bits per heavy atom. The monoisotopic (exact) mass is 302 g/mol. The van der Waals surface area contributed by atoms with Gasteiger partial charge in [0.05, 0.1) is 0 Å². The Morgan fingerprint density at radius 1 is 1.19 bits per heavy atom. The molecule has 3 N–H and O–H groups in total. The molecule has 1 heterocycles. The molecule has 0 aromatic rings. The van der Waals surface area contributed by atoms with Gasteiger partial charge in [0.1, 0.15) is 12.3 Å². The molecule has 0 aromatic heterocycles. The van der Waals surface area contributed by atoms with Crippen molar-refractivity contribution in [3.05, 3.63) is 0 Å². The minimum absolute atomic E-state index is 0.175. The molecule has 0 aliphatic carbocycles. The van der Waals surface area contributed by atoms with Crippen molar-refractivity contribution in [3.63, 3.8) is 0 Å². The lowest BCUT2D eigenvalue weighted by molar-refractivity contribution is -0.138. The molecule has 1 saturated heterocycles. The summed E-state index contributed by atoms with van der Waals surface area (Å²) in [6.45, 7) is 5.50. The molecule has 0 spiro atoms. The maximum atomic E-state index is 12.1. The van der Waals surface area contributed by atoms with Crippen molar-refractivity contribution in [3.8, 4) is 0 Å². The molecule has 120 valence electrons. The average molecular weight is 302 g/mol. The predicted molar refractivity (Wildman–Crippen MR) is 72.3 cm³/mol. The van der Waals surface area contributed by atoms with Gasteiger partial charge >= 0.3 is 5.97 Å². The summed E-state index contributed by atoms with van der Waals surface area (Å²) in [7, 11) is 1.45. The fourth-order valence-corrected chi connectivity index (χ4v) is 1.82. The highest BCUT2D eigenvalue weighted by molar-refractivity contribution is 5.95. The van der Waals surface area contributed by atoms with Gasteiger partial charge in [-0.15, -0.1) is 0 Å². The first kappa shape index (κ1) is 17.4. The van der Waals surface area contributed by atoms with E-state index in [4.69, 9.17) is 14.6 Å². The van der Waals surface area contributed by atoms with E-state index in [0.29, 0.717) is 6.42 Å². The van der Waals surface area contributed by atoms with Crippen LogP contribution in [0.5, 0.6) is 0 Å². The van der Waals surface area contributed by atoms with Gasteiger partial charge in [-0.2, -0.15) is 0 Å². The number of carboxylic acids is 1. The molecule has 1 aliphatic heterocycles. The van der Waals surface area contributed by atoms with Gasteiger partial charge < -0.3 is 25.2 Å². The summed E-state index contributed by atoms with van der Waals surface area (Å²) in [4.78, 5) is 34.6. The van der Waals surface area contributed by atoms with E-state index < -0.39 is 36.4 Å². The van der Waals surface area contributed by atoms with E-state index >= 15 is 0 Å². The van der Waals surface area contributed by atoms with Crippen LogP contribution in [0.3, 0.4) is 0 Å². The molecule has 0 saturated carbocycles. The van der Waals surface area contributed by atoms with Crippen molar-refractivity contribution >= 4 is 17.8 Å². The molecule has 1 unspecified atom stereocenters. The van der Waals surface area contributed by atoms with Crippen molar-refractivity contribution in [2.45, 2.75) is 51.7 Å². The number of hydrogen-bond donors (Lipinski definition) is 3. The van der Waals surface area contributed by atoms with E-state index in [2.05, 4.69) is 10.6 Å². The molecule has 1 rings (SSSR count). The highest BCUT2D eigenvalue weighted by Gasteiger charge is 2.51. The Bertz CT molecular complexity index is 411. The molecule has 1 fully saturated rings. The lowest BCUT2D eigenvalue weighted by Crippen LogP contribution is -2.51. The quantitative estimate of drug-likeness (QED) is 0.410. The number of amides is 2. The number of methoxy groups -OCH3 is 1. The number of aliphatic carboxylic acids is 1. The smallest absolute Gasteiger partial charge is 0.336 e. The Labute approximate surface area is 123 Å². The molecule has 21 heavy (non-hydrogen) atoms. The van der Waals surface area contributed by atoms with E-state index in [-0.39, 0.29) is 11.8 Å². The van der Waals surface area contributed by atoms with E-state index in [0.717, 1.165) is 0 Å². The minimum Gasteiger partial charge on any atom is -0.479 e. The zero-order valence-electron chi connectivity index (χ0n) is 12.6. The lowest BCUT2D eigenvalue weighted by Gasteiger charge is -2.21. The third-order valence-corrected chi connectivity index (χ3v) is 3.03. The number of carbonyl (C=O) groups excluding carboxylic acids is 2. The summed E-state index contributed by atoms with van der Waals surface area (Å²) < 4.78 is 9.70. The highest BCUT2D eigenvalue weighted by Crippen LogP contribution is 2.22. The maximum absolute atomic E-state index is 12.1. The molecule has 2 amide bonds. The summed E-state index contributed by atoms with van der Waals surface area (Å²) in [6, 6.07) is -0.756. The van der Waals surface area contributed by atoms with Crippen LogP contribution in [0.1, 0.15) is 27.2 Å². The second-order valence-electron chi connectivity index (χ2n) is 5.39. The first-order valence-electron chi connectivity index (χ1n) is 6.78. The molecule has 8 heteroatoms. The molecule has 0 bridgehead atoms. The van der Waals surface area contributed by atoms with Crippen LogP contribution in [-0.4, -0.2) is 54.5 Å². The van der Waals surface area contributed by atoms with E-state index in [9.17, 15) is 14.4 Å². The van der Waals surface area contributed by atoms with Crippen molar-refractivity contribution < 1.29 is 29.0 Å². The van der Waals surface area contributed by atoms with Gasteiger partial charge in [0, 0.05) is 7.11 Å². The van der Waals surface area contributed by atoms with E-state index in [1.54, 1.807) is 6.92 Å². The normalized spacial score (nSPS) is 23.3. The van der Waals surface area contributed by atoms with Crippen molar-refractivity contribution in [1.29, 1.82) is 0 Å². The Hall–Kier alpha value is -1.67. The molecular weight excluding hydrogens is 280 g/mol. The van der Waals surface area contributed by atoms with E-state index in [1.807, 2.05) is 13.8 Å². The molecular formula is C13H22N2O6. The number of epoxide rings is 1. The number of carboxylic acid groups (broad SMARTS) is 1. The zero-order valence-corrected chi connectivity index (χ0v) is 12.6. The topological polar surface area (TPSA) is 117 Å². The van der Waals surface area contributed by atoms with Crippen molar-refractivity contribution in [2.24, 2.45) is 5.92 Å². The number of hydrogen-bond acceptors (Lipinski definition) is 5. The van der Waals surface area contributed by atoms with Crippen LogP contribution >= 0.6 is 0 Å². The molecule has 4 atom stereocenters. The molecule has 0 radical (unpaired) electrons. The van der Waals surface area contributed by atoms with Gasteiger partial charge in [-0.05, 0) is 19.3 Å². The van der Waals surface area contributed by atoms with E-state index in [1.165, 1.54) is 7.11 Å². The fraction of sp³-hybridized carbons (Fsp3) is 0.769. The first-order chi connectivity index (χ1) is 9.76. The van der Waals surface area contributed by atoms with Gasteiger partial charge in [-0.1, -0.05) is 13.8 Å². The summed E-state index contributed by atoms with van der Waals surface area (Å²) in [5, 5.41) is 13.8. The maximum Gasteiger partial charge on any atom is 0.336 e. The van der Waals surface area contributed by atoms with Crippen molar-refractivity contribution in [1.82, 2.24) is 10.6 Å². The predicted octanol–water partition coefficient (Wildman–Crippen LogP) is -0.522. The van der Waals surface area contributed by atoms with Gasteiger partial charge in [0.25, 0.3) is 5.91 Å². The van der Waals surface area contributed by atoms with Gasteiger partial charge in [0.2, 0.25) is 5.91 Å². The number of ether oxygens (including phenoxy) is 2. The van der Waals surface area contributed by atoms with Crippen LogP contribution in [0.4, 0.5) is 0 Å². The van der Waals surface area contributed by atoms with Crippen LogP contribution in [0.25, 0.3) is 0 Å². The first-order valence-corrected chi connectivity index (χ1v) is 6.78. The second kappa shape index (κ2) is 7.37. The SMILES string of the molecule is COC(C)NC(=O)[C@H](CC(C)C)NC(=O)[C@H]1O[C@@H]1C(=O)O. The average Bonchev–Trinajstić information content (AvgIpc) is 3.17. The van der Waals surface area contributed by atoms with Crippen molar-refractivity contribution in [2.75, 3.05) is 7.11 Å². The molecule has 0 aromatic carbocycles. The lowest BCUT2D eigenvalue weighted by atomic mass is 10.0. The Kier molecular flexibility index (Phi) is 6.10. The van der Waals surface area contributed by atoms with Gasteiger partial charge in [-0.3, -0.25) is 9.59 Å². The standard InChI is InChI=1S/C13H22N2O6/c1-6(2)5-8(11(16)14-7(3)20-4)15-12(17)9-10(21-9)13(18)19/h6-10H,5H2,1-4H3,(H,14,16)(H,15,17)(H,18,19)/t7?,8-,9-,10-/m0/s1. The summed E-state index contributed by atoms with van der Waals surface area (Å²) in [6.07, 6.45) is -2.19. The van der Waals surface area contributed by atoms with Crippen LogP contribution in [0, 0.1) is 5.92 Å². The van der Waals surface area contributed by atoms with Crippen LogP contribution < -0.4 is 10.6 Å². The fourth-order valence-electron chi connectivity index (χ4n) is 1.82. The summed E-state index contributed by atoms with van der Waals surface area (Å²) >= 11 is 0. The minimum atomic E-state index is -1.19. The highest BCUT2D eigenvalue weighted by atomic mass is 16.6. The summed E-state index contributed by atoms with van der Waals surface area (Å²) in [5.41, 5.74) is 0. The Balaban J connectivity index is 2.59. The van der Waals surface area contributed by atoms with Crippen LogP contribution in [-0.2, 0) is 23.9 Å². The zero-order chi connectivity index (χ0) is 16.2. The molecule has 8 nitrogen and oxygen atoms in total. The Morgan fingerprint density at radius 3 is 2.24 bits per heavy atom. The summed E-state index contributed by atoms with van der Waals surface area (Å²) in [5.74, 6) is -1.98.